The highest BCUT2D eigenvalue weighted by atomic mass is 28.4. The Balaban J connectivity index is 2.37. The van der Waals surface area contributed by atoms with Crippen LogP contribution in [0.4, 0.5) is 0 Å². The lowest BCUT2D eigenvalue weighted by Crippen LogP contribution is -2.66. The van der Waals surface area contributed by atoms with Gasteiger partial charge in [-0.25, -0.2) is 0 Å². The van der Waals surface area contributed by atoms with Crippen molar-refractivity contribution < 1.29 is 9.22 Å². The lowest BCUT2D eigenvalue weighted by atomic mass is 9.94. The summed E-state index contributed by atoms with van der Waals surface area (Å²) in [7, 11) is -2.51. The molecule has 0 N–H and O–H groups in total. The van der Waals surface area contributed by atoms with Gasteiger partial charge in [0, 0.05) is 18.9 Å². The van der Waals surface area contributed by atoms with Crippen molar-refractivity contribution in [3.05, 3.63) is 72.8 Å². The molecule has 150 valence electrons. The smallest absolute Gasteiger partial charge is 0.261 e. The standard InChI is InChI=1S/C25H34O2Si/c1-7-24(26)21(3)20(2)18-19-27-28(25(4,5)6,22-14-10-8-11-15-22)23-16-12-9-13-17-23/h8-17,21H,2,7,18-19H2,1,3-6H3. The highest BCUT2D eigenvalue weighted by molar-refractivity contribution is 6.99. The second-order valence-corrected chi connectivity index (χ2v) is 12.8. The van der Waals surface area contributed by atoms with Crippen LogP contribution < -0.4 is 10.4 Å². The summed E-state index contributed by atoms with van der Waals surface area (Å²) in [5, 5.41) is 2.51. The van der Waals surface area contributed by atoms with E-state index in [0.717, 1.165) is 5.57 Å². The van der Waals surface area contributed by atoms with Crippen molar-refractivity contribution in [3.8, 4) is 0 Å². The van der Waals surface area contributed by atoms with Crippen molar-refractivity contribution in [1.29, 1.82) is 0 Å². The molecule has 0 saturated carbocycles. The molecular weight excluding hydrogens is 360 g/mol. The van der Waals surface area contributed by atoms with Crippen LogP contribution in [0.3, 0.4) is 0 Å². The van der Waals surface area contributed by atoms with Crippen LogP contribution >= 0.6 is 0 Å². The van der Waals surface area contributed by atoms with Gasteiger partial charge in [0.2, 0.25) is 0 Å². The molecule has 2 aromatic carbocycles. The number of carbonyl (C=O) groups is 1. The number of Topliss-reactive ketones (excluding diaryl/α,β-unsaturated/α-hetero) is 1. The second-order valence-electron chi connectivity index (χ2n) is 8.46. The maximum Gasteiger partial charge on any atom is 0.261 e. The van der Waals surface area contributed by atoms with Gasteiger partial charge >= 0.3 is 0 Å². The Morgan fingerprint density at radius 2 is 1.46 bits per heavy atom. The number of benzene rings is 2. The number of hydrogen-bond donors (Lipinski definition) is 0. The zero-order valence-electron chi connectivity index (χ0n) is 18.0. The summed E-state index contributed by atoms with van der Waals surface area (Å²) in [6.07, 6.45) is 1.26. The molecule has 0 aliphatic rings. The first-order valence-corrected chi connectivity index (χ1v) is 12.1. The molecule has 1 atom stereocenters. The molecule has 28 heavy (non-hydrogen) atoms. The molecule has 0 heterocycles. The van der Waals surface area contributed by atoms with E-state index in [2.05, 4.69) is 88.0 Å². The molecular formula is C25H34O2Si. The fourth-order valence-electron chi connectivity index (χ4n) is 3.85. The number of hydrogen-bond acceptors (Lipinski definition) is 2. The quantitative estimate of drug-likeness (QED) is 0.436. The van der Waals surface area contributed by atoms with Crippen molar-refractivity contribution in [3.63, 3.8) is 0 Å². The minimum atomic E-state index is -2.51. The summed E-state index contributed by atoms with van der Waals surface area (Å²) in [5.41, 5.74) is 0.963. The van der Waals surface area contributed by atoms with Gasteiger partial charge in [-0.15, -0.1) is 0 Å². The van der Waals surface area contributed by atoms with Crippen LogP contribution in [0.25, 0.3) is 0 Å². The van der Waals surface area contributed by atoms with Gasteiger partial charge in [0.25, 0.3) is 8.32 Å². The Bertz CT molecular complexity index is 736. The first-order valence-electron chi connectivity index (χ1n) is 10.2. The van der Waals surface area contributed by atoms with Crippen LogP contribution in [0.1, 0.15) is 47.5 Å². The first-order chi connectivity index (χ1) is 13.2. The average Bonchev–Trinajstić information content (AvgIpc) is 2.70. The van der Waals surface area contributed by atoms with E-state index in [1.165, 1.54) is 10.4 Å². The van der Waals surface area contributed by atoms with Crippen molar-refractivity contribution in [2.24, 2.45) is 5.92 Å². The predicted octanol–water partition coefficient (Wildman–Crippen LogP) is 5.12. The van der Waals surface area contributed by atoms with Crippen LogP contribution in [0.2, 0.25) is 5.04 Å². The Hall–Kier alpha value is -1.97. The van der Waals surface area contributed by atoms with E-state index in [4.69, 9.17) is 4.43 Å². The molecule has 0 bridgehead atoms. The molecule has 0 radical (unpaired) electrons. The molecule has 0 saturated heterocycles. The minimum Gasteiger partial charge on any atom is -0.407 e. The molecule has 0 fully saturated rings. The van der Waals surface area contributed by atoms with E-state index in [0.29, 0.717) is 19.4 Å². The lowest BCUT2D eigenvalue weighted by Gasteiger charge is -2.43. The van der Waals surface area contributed by atoms with Gasteiger partial charge in [0.15, 0.2) is 0 Å². The third-order valence-corrected chi connectivity index (χ3v) is 10.6. The molecule has 0 aromatic heterocycles. The van der Waals surface area contributed by atoms with E-state index in [9.17, 15) is 4.79 Å². The van der Waals surface area contributed by atoms with Gasteiger partial charge in [-0.1, -0.05) is 107 Å². The molecule has 2 aromatic rings. The topological polar surface area (TPSA) is 26.3 Å². The third-order valence-electron chi connectivity index (χ3n) is 5.60. The molecule has 0 aliphatic heterocycles. The number of ketones is 1. The number of carbonyl (C=O) groups excluding carboxylic acids is 1. The SMILES string of the molecule is C=C(CCO[Si](c1ccccc1)(c1ccccc1)C(C)(C)C)C(C)C(=O)CC. The summed E-state index contributed by atoms with van der Waals surface area (Å²) in [5.74, 6) is 0.142. The van der Waals surface area contributed by atoms with E-state index < -0.39 is 8.32 Å². The highest BCUT2D eigenvalue weighted by Crippen LogP contribution is 2.37. The van der Waals surface area contributed by atoms with Crippen molar-refractivity contribution in [1.82, 2.24) is 0 Å². The van der Waals surface area contributed by atoms with Gasteiger partial charge in [-0.3, -0.25) is 4.79 Å². The van der Waals surface area contributed by atoms with Gasteiger partial charge in [-0.2, -0.15) is 0 Å². The van der Waals surface area contributed by atoms with Gasteiger partial charge < -0.3 is 4.43 Å². The summed E-state index contributed by atoms with van der Waals surface area (Å²) in [4.78, 5) is 12.0. The largest absolute Gasteiger partial charge is 0.407 e. The molecule has 3 heteroatoms. The summed E-state index contributed by atoms with van der Waals surface area (Å²) in [6, 6.07) is 21.3. The normalized spacial score (nSPS) is 13.2. The molecule has 1 unspecified atom stereocenters. The van der Waals surface area contributed by atoms with Crippen molar-refractivity contribution >= 4 is 24.5 Å². The van der Waals surface area contributed by atoms with Crippen molar-refractivity contribution in [2.75, 3.05) is 6.61 Å². The minimum absolute atomic E-state index is 0.0398. The molecule has 0 amide bonds. The Morgan fingerprint density at radius 3 is 1.86 bits per heavy atom. The average molecular weight is 395 g/mol. The first kappa shape index (κ1) is 22.3. The van der Waals surface area contributed by atoms with Crippen LogP contribution in [0, 0.1) is 5.92 Å². The summed E-state index contributed by atoms with van der Waals surface area (Å²) in [6.45, 7) is 15.4. The van der Waals surface area contributed by atoms with Gasteiger partial charge in [0.05, 0.1) is 0 Å². The third kappa shape index (κ3) is 4.71. The molecule has 0 spiro atoms. The Labute approximate surface area is 171 Å². The van der Waals surface area contributed by atoms with Crippen LogP contribution in [-0.2, 0) is 9.22 Å². The van der Waals surface area contributed by atoms with Crippen LogP contribution in [0.5, 0.6) is 0 Å². The lowest BCUT2D eigenvalue weighted by molar-refractivity contribution is -0.121. The Morgan fingerprint density at radius 1 is 1.00 bits per heavy atom. The second kappa shape index (κ2) is 9.49. The van der Waals surface area contributed by atoms with Crippen LogP contribution in [-0.4, -0.2) is 20.7 Å². The van der Waals surface area contributed by atoms with E-state index in [-0.39, 0.29) is 16.7 Å². The molecule has 0 aliphatic carbocycles. The monoisotopic (exact) mass is 394 g/mol. The maximum atomic E-state index is 12.0. The number of rotatable bonds is 9. The molecule has 2 rings (SSSR count). The van der Waals surface area contributed by atoms with E-state index >= 15 is 0 Å². The van der Waals surface area contributed by atoms with Crippen molar-refractivity contribution in [2.45, 2.75) is 52.5 Å². The van der Waals surface area contributed by atoms with Gasteiger partial charge in [0.1, 0.15) is 5.78 Å². The fraction of sp³-hybridized carbons (Fsp3) is 0.400. The fourth-order valence-corrected chi connectivity index (χ4v) is 8.41. The highest BCUT2D eigenvalue weighted by Gasteiger charge is 2.49. The van der Waals surface area contributed by atoms with E-state index in [1.807, 2.05) is 13.8 Å². The van der Waals surface area contributed by atoms with E-state index in [1.54, 1.807) is 0 Å². The molecule has 2 nitrogen and oxygen atoms in total. The summed E-state index contributed by atoms with van der Waals surface area (Å²) < 4.78 is 6.87. The Kier molecular flexibility index (Phi) is 7.56. The van der Waals surface area contributed by atoms with Crippen LogP contribution in [0.15, 0.2) is 72.8 Å². The van der Waals surface area contributed by atoms with Gasteiger partial charge in [-0.05, 0) is 21.8 Å². The maximum absolute atomic E-state index is 12.0. The zero-order valence-corrected chi connectivity index (χ0v) is 19.0. The zero-order chi connectivity index (χ0) is 20.8. The summed E-state index contributed by atoms with van der Waals surface area (Å²) >= 11 is 0. The predicted molar refractivity (Wildman–Crippen MR) is 122 cm³/mol.